The van der Waals surface area contributed by atoms with Gasteiger partial charge in [0.05, 0.1) is 0 Å². The number of rotatable bonds is 3. The second-order valence-electron chi connectivity index (χ2n) is 6.30. The molecule has 1 aliphatic heterocycles. The summed E-state index contributed by atoms with van der Waals surface area (Å²) >= 11 is 0. The van der Waals surface area contributed by atoms with E-state index < -0.39 is 0 Å². The molecule has 4 atom stereocenters. The summed E-state index contributed by atoms with van der Waals surface area (Å²) < 4.78 is 0. The van der Waals surface area contributed by atoms with Crippen molar-refractivity contribution in [1.82, 2.24) is 10.2 Å². The Kier molecular flexibility index (Phi) is 3.79. The number of carbonyl (C=O) groups is 1. The quantitative estimate of drug-likeness (QED) is 0.915. The highest BCUT2D eigenvalue weighted by Gasteiger charge is 2.46. The minimum atomic E-state index is 0.232. The van der Waals surface area contributed by atoms with E-state index in [1.54, 1.807) is 0 Å². The fourth-order valence-electron chi connectivity index (χ4n) is 3.55. The molecule has 1 aliphatic carbocycles. The van der Waals surface area contributed by atoms with Gasteiger partial charge >= 0.3 is 0 Å². The molecule has 3 nitrogen and oxygen atoms in total. The third-order valence-electron chi connectivity index (χ3n) is 4.92. The maximum Gasteiger partial charge on any atom is 0.226 e. The van der Waals surface area contributed by atoms with Crippen LogP contribution in [0.4, 0.5) is 0 Å². The van der Waals surface area contributed by atoms with E-state index in [4.69, 9.17) is 0 Å². The summed E-state index contributed by atoms with van der Waals surface area (Å²) in [6.07, 6.45) is 2.11. The van der Waals surface area contributed by atoms with E-state index >= 15 is 0 Å². The summed E-state index contributed by atoms with van der Waals surface area (Å²) in [5.41, 5.74) is 1.32. The predicted octanol–water partition coefficient (Wildman–Crippen LogP) is 2.25. The van der Waals surface area contributed by atoms with Gasteiger partial charge in [0.25, 0.3) is 0 Å². The van der Waals surface area contributed by atoms with Crippen molar-refractivity contribution in [3.8, 4) is 0 Å². The molecular weight excluding hydrogens is 248 g/mol. The van der Waals surface area contributed by atoms with Gasteiger partial charge in [0.2, 0.25) is 5.91 Å². The lowest BCUT2D eigenvalue weighted by Gasteiger charge is -2.37. The molecule has 0 spiro atoms. The van der Waals surface area contributed by atoms with Gasteiger partial charge in [-0.15, -0.1) is 0 Å². The van der Waals surface area contributed by atoms with Crippen LogP contribution >= 0.6 is 0 Å². The molecule has 20 heavy (non-hydrogen) atoms. The second kappa shape index (κ2) is 5.57. The summed E-state index contributed by atoms with van der Waals surface area (Å²) in [7, 11) is 2.02. The molecule has 0 aromatic heterocycles. The van der Waals surface area contributed by atoms with Crippen LogP contribution in [-0.4, -0.2) is 37.0 Å². The maximum atomic E-state index is 12.6. The lowest BCUT2D eigenvalue weighted by Crippen LogP contribution is -2.49. The molecule has 3 rings (SSSR count). The van der Waals surface area contributed by atoms with Crippen molar-refractivity contribution in [2.75, 3.05) is 20.1 Å². The van der Waals surface area contributed by atoms with Gasteiger partial charge in [0.1, 0.15) is 0 Å². The Labute approximate surface area is 121 Å². The average Bonchev–Trinajstić information content (AvgIpc) is 3.28. The molecule has 0 bridgehead atoms. The number of nitrogens with one attached hydrogen (secondary N) is 1. The Morgan fingerprint density at radius 1 is 1.30 bits per heavy atom. The highest BCUT2D eigenvalue weighted by molar-refractivity contribution is 5.83. The Balaban J connectivity index is 1.59. The number of hydrogen-bond acceptors (Lipinski definition) is 2. The minimum absolute atomic E-state index is 0.232. The van der Waals surface area contributed by atoms with E-state index in [0.29, 0.717) is 23.8 Å². The van der Waals surface area contributed by atoms with Gasteiger partial charge in [-0.25, -0.2) is 0 Å². The second-order valence-corrected chi connectivity index (χ2v) is 6.30. The lowest BCUT2D eigenvalue weighted by atomic mass is 9.93. The van der Waals surface area contributed by atoms with E-state index in [9.17, 15) is 4.79 Å². The van der Waals surface area contributed by atoms with Crippen LogP contribution in [0.3, 0.4) is 0 Å². The Hall–Kier alpha value is -1.35. The molecule has 1 aromatic carbocycles. The lowest BCUT2D eigenvalue weighted by molar-refractivity contribution is -0.134. The fraction of sp³-hybridized carbons (Fsp3) is 0.588. The van der Waals surface area contributed by atoms with E-state index in [-0.39, 0.29) is 5.92 Å². The molecule has 1 N–H and O–H groups in total. The molecule has 1 amide bonds. The molecule has 0 radical (unpaired) electrons. The van der Waals surface area contributed by atoms with Crippen LogP contribution in [-0.2, 0) is 4.79 Å². The molecule has 4 unspecified atom stereocenters. The van der Waals surface area contributed by atoms with Gasteiger partial charge in [-0.05, 0) is 37.3 Å². The number of carbonyl (C=O) groups excluding carboxylic acids is 1. The molecule has 2 fully saturated rings. The smallest absolute Gasteiger partial charge is 0.226 e. The number of hydrogen-bond donors (Lipinski definition) is 1. The zero-order valence-corrected chi connectivity index (χ0v) is 12.4. The molecule has 2 aliphatic rings. The molecule has 108 valence electrons. The highest BCUT2D eigenvalue weighted by Crippen LogP contribution is 2.48. The van der Waals surface area contributed by atoms with Crippen molar-refractivity contribution in [3.63, 3.8) is 0 Å². The Morgan fingerprint density at radius 3 is 2.70 bits per heavy atom. The summed E-state index contributed by atoms with van der Waals surface area (Å²) in [5, 5.41) is 3.35. The van der Waals surface area contributed by atoms with Crippen molar-refractivity contribution in [1.29, 1.82) is 0 Å². The van der Waals surface area contributed by atoms with E-state index in [1.807, 2.05) is 13.1 Å². The van der Waals surface area contributed by atoms with Crippen LogP contribution in [0.1, 0.15) is 31.2 Å². The fourth-order valence-corrected chi connectivity index (χ4v) is 3.55. The largest absolute Gasteiger partial charge is 0.342 e. The van der Waals surface area contributed by atoms with Crippen LogP contribution < -0.4 is 5.32 Å². The van der Waals surface area contributed by atoms with Gasteiger partial charge in [-0.1, -0.05) is 37.3 Å². The van der Waals surface area contributed by atoms with Crippen LogP contribution in [0.15, 0.2) is 30.3 Å². The van der Waals surface area contributed by atoms with Gasteiger partial charge in [-0.3, -0.25) is 4.79 Å². The first kappa shape index (κ1) is 13.6. The van der Waals surface area contributed by atoms with Crippen molar-refractivity contribution in [2.24, 2.45) is 11.8 Å². The maximum absolute atomic E-state index is 12.6. The molecule has 1 heterocycles. The summed E-state index contributed by atoms with van der Waals surface area (Å²) in [6.45, 7) is 4.05. The molecular formula is C17H24N2O. The van der Waals surface area contributed by atoms with Gasteiger partial charge in [-0.2, -0.15) is 0 Å². The minimum Gasteiger partial charge on any atom is -0.342 e. The van der Waals surface area contributed by atoms with E-state index in [2.05, 4.69) is 41.4 Å². The summed E-state index contributed by atoms with van der Waals surface area (Å²) in [6, 6.07) is 11.0. The first-order valence-corrected chi connectivity index (χ1v) is 7.71. The summed E-state index contributed by atoms with van der Waals surface area (Å²) in [5.74, 6) is 1.61. The molecule has 1 aromatic rings. The first-order valence-electron chi connectivity index (χ1n) is 7.71. The van der Waals surface area contributed by atoms with Gasteiger partial charge in [0.15, 0.2) is 0 Å². The predicted molar refractivity (Wildman–Crippen MR) is 80.5 cm³/mol. The van der Waals surface area contributed by atoms with Gasteiger partial charge in [0, 0.05) is 25.0 Å². The van der Waals surface area contributed by atoms with Crippen LogP contribution in [0.25, 0.3) is 0 Å². The number of benzene rings is 1. The van der Waals surface area contributed by atoms with Crippen molar-refractivity contribution in [2.45, 2.75) is 31.7 Å². The van der Waals surface area contributed by atoms with Crippen molar-refractivity contribution >= 4 is 5.91 Å². The zero-order chi connectivity index (χ0) is 14.1. The number of amides is 1. The normalized spacial score (nSPS) is 33.0. The highest BCUT2D eigenvalue weighted by atomic mass is 16.2. The first-order chi connectivity index (χ1) is 9.70. The SMILES string of the molecule is CNC1CCN(C(=O)C2CC2c2ccccc2)CC1C. The van der Waals surface area contributed by atoms with Crippen molar-refractivity contribution in [3.05, 3.63) is 35.9 Å². The summed E-state index contributed by atoms with van der Waals surface area (Å²) in [4.78, 5) is 14.7. The molecule has 1 saturated heterocycles. The van der Waals surface area contributed by atoms with Crippen LogP contribution in [0, 0.1) is 11.8 Å². The Morgan fingerprint density at radius 2 is 2.05 bits per heavy atom. The number of piperidine rings is 1. The number of likely N-dealkylation sites (tertiary alicyclic amines) is 1. The van der Waals surface area contributed by atoms with Crippen LogP contribution in [0.5, 0.6) is 0 Å². The Bertz CT molecular complexity index is 473. The molecule has 1 saturated carbocycles. The third kappa shape index (κ3) is 2.59. The van der Waals surface area contributed by atoms with Gasteiger partial charge < -0.3 is 10.2 Å². The van der Waals surface area contributed by atoms with Crippen LogP contribution in [0.2, 0.25) is 0 Å². The standard InChI is InChI=1S/C17H24N2O/c1-12-11-19(9-8-16(12)18-2)17(20)15-10-14(15)13-6-4-3-5-7-13/h3-7,12,14-16,18H,8-11H2,1-2H3. The zero-order valence-electron chi connectivity index (χ0n) is 12.4. The van der Waals surface area contributed by atoms with E-state index in [0.717, 1.165) is 25.9 Å². The molecule has 3 heteroatoms. The monoisotopic (exact) mass is 272 g/mol. The third-order valence-corrected chi connectivity index (χ3v) is 4.92. The number of nitrogens with zero attached hydrogens (tertiary/aromatic N) is 1. The van der Waals surface area contributed by atoms with E-state index in [1.165, 1.54) is 5.56 Å². The topological polar surface area (TPSA) is 32.3 Å². The van der Waals surface area contributed by atoms with Crippen molar-refractivity contribution < 1.29 is 4.79 Å². The average molecular weight is 272 g/mol.